The molecule has 1 unspecified atom stereocenters. The Morgan fingerprint density at radius 1 is 1.23 bits per heavy atom. The lowest BCUT2D eigenvalue weighted by atomic mass is 10.1. The maximum atomic E-state index is 12.7. The van der Waals surface area contributed by atoms with Gasteiger partial charge in [-0.15, -0.1) is 0 Å². The molecule has 3 rings (SSSR count). The first kappa shape index (κ1) is 14.5. The normalized spacial score (nSPS) is 18.8. The van der Waals surface area contributed by atoms with E-state index in [-0.39, 0.29) is 11.4 Å². The van der Waals surface area contributed by atoms with Crippen molar-refractivity contribution in [2.24, 2.45) is 0 Å². The van der Waals surface area contributed by atoms with Gasteiger partial charge in [-0.25, -0.2) is 10.5 Å². The van der Waals surface area contributed by atoms with Gasteiger partial charge in [-0.05, 0) is 18.2 Å². The van der Waals surface area contributed by atoms with E-state index in [1.54, 1.807) is 47.9 Å². The second kappa shape index (κ2) is 5.39. The molecule has 1 atom stereocenters. The molecule has 0 bridgehead atoms. The second-order valence-electron chi connectivity index (χ2n) is 4.79. The highest BCUT2D eigenvalue weighted by atomic mass is 32.2. The van der Waals surface area contributed by atoms with Crippen molar-refractivity contribution in [3.63, 3.8) is 0 Å². The van der Waals surface area contributed by atoms with Crippen LogP contribution in [0.4, 0.5) is 5.69 Å². The van der Waals surface area contributed by atoms with Crippen LogP contribution >= 0.6 is 0 Å². The first-order valence-corrected chi connectivity index (χ1v) is 7.97. The van der Waals surface area contributed by atoms with Crippen LogP contribution in [-0.2, 0) is 14.8 Å². The third-order valence-corrected chi connectivity index (χ3v) is 5.27. The van der Waals surface area contributed by atoms with E-state index in [0.29, 0.717) is 11.3 Å². The highest BCUT2D eigenvalue weighted by molar-refractivity contribution is 7.93. The number of benzene rings is 1. The molecular weight excluding hydrogens is 306 g/mol. The SMILES string of the molecule is O=C(CC1c2cccnc2S(=O)(=O)N1c1ccccc1)NO. The van der Waals surface area contributed by atoms with Crippen molar-refractivity contribution in [3.8, 4) is 0 Å². The van der Waals surface area contributed by atoms with Crippen LogP contribution in [0.15, 0.2) is 53.7 Å². The van der Waals surface area contributed by atoms with Crippen molar-refractivity contribution < 1.29 is 18.4 Å². The highest BCUT2D eigenvalue weighted by Gasteiger charge is 2.44. The van der Waals surface area contributed by atoms with E-state index in [0.717, 1.165) is 0 Å². The minimum Gasteiger partial charge on any atom is -0.289 e. The lowest BCUT2D eigenvalue weighted by Gasteiger charge is -2.24. The molecule has 0 radical (unpaired) electrons. The predicted octanol–water partition coefficient (Wildman–Crippen LogP) is 1.23. The molecule has 8 heteroatoms. The molecule has 0 aliphatic carbocycles. The molecule has 2 aromatic rings. The maximum Gasteiger partial charge on any atom is 0.282 e. The Balaban J connectivity index is 2.16. The van der Waals surface area contributed by atoms with Crippen LogP contribution in [0.25, 0.3) is 0 Å². The number of amides is 1. The van der Waals surface area contributed by atoms with E-state index in [4.69, 9.17) is 5.21 Å². The molecule has 0 saturated carbocycles. The number of hydroxylamine groups is 1. The van der Waals surface area contributed by atoms with Gasteiger partial charge in [0.15, 0.2) is 5.03 Å². The van der Waals surface area contributed by atoms with E-state index in [1.165, 1.54) is 10.5 Å². The average molecular weight is 319 g/mol. The number of hydrogen-bond acceptors (Lipinski definition) is 5. The van der Waals surface area contributed by atoms with E-state index in [9.17, 15) is 13.2 Å². The molecule has 1 aliphatic rings. The molecule has 1 aromatic carbocycles. The Hall–Kier alpha value is -2.45. The van der Waals surface area contributed by atoms with Crippen molar-refractivity contribution in [1.29, 1.82) is 0 Å². The first-order chi connectivity index (χ1) is 10.6. The lowest BCUT2D eigenvalue weighted by Crippen LogP contribution is -2.32. The Morgan fingerprint density at radius 3 is 2.64 bits per heavy atom. The van der Waals surface area contributed by atoms with Gasteiger partial charge in [-0.1, -0.05) is 24.3 Å². The fourth-order valence-electron chi connectivity index (χ4n) is 2.57. The molecule has 2 heterocycles. The predicted molar refractivity (Wildman–Crippen MR) is 77.6 cm³/mol. The zero-order valence-corrected chi connectivity index (χ0v) is 12.2. The number of sulfonamides is 1. The van der Waals surface area contributed by atoms with Gasteiger partial charge in [0.25, 0.3) is 10.0 Å². The summed E-state index contributed by atoms with van der Waals surface area (Å²) < 4.78 is 26.6. The Morgan fingerprint density at radius 2 is 1.95 bits per heavy atom. The van der Waals surface area contributed by atoms with Crippen LogP contribution in [0.5, 0.6) is 0 Å². The number of hydrogen-bond donors (Lipinski definition) is 2. The zero-order chi connectivity index (χ0) is 15.7. The van der Waals surface area contributed by atoms with Gasteiger partial charge in [-0.3, -0.25) is 14.3 Å². The third kappa shape index (κ3) is 2.22. The van der Waals surface area contributed by atoms with Crippen molar-refractivity contribution in [1.82, 2.24) is 10.5 Å². The van der Waals surface area contributed by atoms with Crippen molar-refractivity contribution in [2.45, 2.75) is 17.5 Å². The molecule has 0 fully saturated rings. The van der Waals surface area contributed by atoms with Crippen LogP contribution in [0.1, 0.15) is 18.0 Å². The summed E-state index contributed by atoms with van der Waals surface area (Å²) in [5, 5.41) is 8.69. The van der Waals surface area contributed by atoms with Crippen molar-refractivity contribution in [2.75, 3.05) is 4.31 Å². The molecule has 22 heavy (non-hydrogen) atoms. The lowest BCUT2D eigenvalue weighted by molar-refractivity contribution is -0.129. The highest BCUT2D eigenvalue weighted by Crippen LogP contribution is 2.43. The molecule has 0 saturated heterocycles. The standard InChI is InChI=1S/C14H13N3O4S/c18-13(16-19)9-12-11-7-4-8-15-14(11)22(20,21)17(12)10-5-2-1-3-6-10/h1-8,12,19H,9H2,(H,16,18). The Labute approximate surface area is 127 Å². The largest absolute Gasteiger partial charge is 0.289 e. The molecule has 114 valence electrons. The van der Waals surface area contributed by atoms with E-state index >= 15 is 0 Å². The van der Waals surface area contributed by atoms with E-state index in [2.05, 4.69) is 4.98 Å². The molecule has 0 spiro atoms. The monoisotopic (exact) mass is 319 g/mol. The van der Waals surface area contributed by atoms with Crippen LogP contribution in [0, 0.1) is 0 Å². The Kier molecular flexibility index (Phi) is 3.55. The number of anilines is 1. The number of pyridine rings is 1. The summed E-state index contributed by atoms with van der Waals surface area (Å²) in [5.41, 5.74) is 2.42. The van der Waals surface area contributed by atoms with Gasteiger partial charge < -0.3 is 0 Å². The summed E-state index contributed by atoms with van der Waals surface area (Å²) in [6.45, 7) is 0. The van der Waals surface area contributed by atoms with Gasteiger partial charge in [0.2, 0.25) is 5.91 Å². The fraction of sp³-hybridized carbons (Fsp3) is 0.143. The minimum absolute atomic E-state index is 0.0606. The molecule has 1 aliphatic heterocycles. The smallest absolute Gasteiger partial charge is 0.282 e. The van der Waals surface area contributed by atoms with Gasteiger partial charge in [0.1, 0.15) is 0 Å². The van der Waals surface area contributed by atoms with Gasteiger partial charge in [-0.2, -0.15) is 8.42 Å². The van der Waals surface area contributed by atoms with Crippen LogP contribution < -0.4 is 9.79 Å². The number of carbonyl (C=O) groups excluding carboxylic acids is 1. The van der Waals surface area contributed by atoms with Crippen LogP contribution in [-0.4, -0.2) is 24.5 Å². The average Bonchev–Trinajstić information content (AvgIpc) is 2.76. The van der Waals surface area contributed by atoms with Crippen LogP contribution in [0.2, 0.25) is 0 Å². The van der Waals surface area contributed by atoms with E-state index in [1.807, 2.05) is 0 Å². The summed E-state index contributed by atoms with van der Waals surface area (Å²) in [6.07, 6.45) is 1.19. The van der Waals surface area contributed by atoms with E-state index < -0.39 is 22.0 Å². The number of carbonyl (C=O) groups is 1. The molecule has 1 amide bonds. The van der Waals surface area contributed by atoms with Crippen LogP contribution in [0.3, 0.4) is 0 Å². The maximum absolute atomic E-state index is 12.7. The van der Waals surface area contributed by atoms with Crippen molar-refractivity contribution >= 4 is 21.6 Å². The summed E-state index contributed by atoms with van der Waals surface area (Å²) in [4.78, 5) is 15.5. The molecule has 7 nitrogen and oxygen atoms in total. The minimum atomic E-state index is -3.84. The number of rotatable bonds is 3. The Bertz CT molecular complexity index is 808. The number of aromatic nitrogens is 1. The number of nitrogens with one attached hydrogen (secondary N) is 1. The first-order valence-electron chi connectivity index (χ1n) is 6.53. The molecular formula is C14H13N3O4S. The summed E-state index contributed by atoms with van der Waals surface area (Å²) >= 11 is 0. The quantitative estimate of drug-likeness (QED) is 0.655. The molecule has 1 aromatic heterocycles. The zero-order valence-electron chi connectivity index (χ0n) is 11.4. The van der Waals surface area contributed by atoms with Gasteiger partial charge in [0.05, 0.1) is 18.2 Å². The summed E-state index contributed by atoms with van der Waals surface area (Å²) in [7, 11) is -3.84. The second-order valence-corrected chi connectivity index (χ2v) is 6.52. The summed E-state index contributed by atoms with van der Waals surface area (Å²) in [5.74, 6) is -0.669. The van der Waals surface area contributed by atoms with Gasteiger partial charge in [0, 0.05) is 11.8 Å². The third-order valence-electron chi connectivity index (χ3n) is 3.46. The number of fused-ring (bicyclic) bond motifs is 1. The molecule has 2 N–H and O–H groups in total. The topological polar surface area (TPSA) is 99.6 Å². The number of nitrogens with zero attached hydrogens (tertiary/aromatic N) is 2. The summed E-state index contributed by atoms with van der Waals surface area (Å²) in [6, 6.07) is 11.0. The van der Waals surface area contributed by atoms with Gasteiger partial charge >= 0.3 is 0 Å². The number of para-hydroxylation sites is 1. The van der Waals surface area contributed by atoms with Crippen molar-refractivity contribution in [3.05, 3.63) is 54.2 Å². The fourth-order valence-corrected chi connectivity index (χ4v) is 4.37.